The molecular formula is C15H17BrClN3S. The quantitative estimate of drug-likeness (QED) is 0.694. The third-order valence-corrected chi connectivity index (χ3v) is 4.87. The van der Waals surface area contributed by atoms with Gasteiger partial charge in [-0.25, -0.2) is 9.97 Å². The minimum absolute atomic E-state index is 0.721. The Labute approximate surface area is 143 Å². The molecule has 2 aromatic rings. The van der Waals surface area contributed by atoms with Crippen LogP contribution in [0.4, 0.5) is 5.82 Å². The summed E-state index contributed by atoms with van der Waals surface area (Å²) in [5.74, 6) is 2.42. The van der Waals surface area contributed by atoms with Crippen molar-refractivity contribution in [1.82, 2.24) is 9.97 Å². The van der Waals surface area contributed by atoms with Crippen LogP contribution in [0.3, 0.4) is 0 Å². The topological polar surface area (TPSA) is 37.8 Å². The van der Waals surface area contributed by atoms with Gasteiger partial charge in [0.2, 0.25) is 0 Å². The molecule has 0 amide bonds. The molecule has 112 valence electrons. The van der Waals surface area contributed by atoms with E-state index in [9.17, 15) is 0 Å². The third-order valence-electron chi connectivity index (χ3n) is 2.81. The summed E-state index contributed by atoms with van der Waals surface area (Å²) in [6.45, 7) is 4.98. The number of hydrogen-bond donors (Lipinski definition) is 1. The average Bonchev–Trinajstić information content (AvgIpc) is 2.48. The van der Waals surface area contributed by atoms with Gasteiger partial charge in [-0.05, 0) is 47.5 Å². The normalized spacial score (nSPS) is 10.7. The molecule has 1 heterocycles. The smallest absolute Gasteiger partial charge is 0.144 e. The lowest BCUT2D eigenvalue weighted by Crippen LogP contribution is -2.07. The van der Waals surface area contributed by atoms with Crippen molar-refractivity contribution in [2.45, 2.75) is 30.9 Å². The average molecular weight is 387 g/mol. The van der Waals surface area contributed by atoms with Crippen LogP contribution >= 0.6 is 39.3 Å². The lowest BCUT2D eigenvalue weighted by molar-refractivity contribution is 0.924. The molecular weight excluding hydrogens is 370 g/mol. The molecule has 0 radical (unpaired) electrons. The third kappa shape index (κ3) is 4.59. The first kappa shape index (κ1) is 16.6. The van der Waals surface area contributed by atoms with Crippen LogP contribution in [-0.4, -0.2) is 16.5 Å². The van der Waals surface area contributed by atoms with Crippen molar-refractivity contribution in [3.8, 4) is 0 Å². The number of halogens is 2. The Balaban J connectivity index is 2.17. The number of rotatable bonds is 6. The largest absolute Gasteiger partial charge is 0.369 e. The maximum atomic E-state index is 6.00. The molecule has 0 spiro atoms. The Kier molecular flexibility index (Phi) is 6.33. The first-order valence-electron chi connectivity index (χ1n) is 6.81. The van der Waals surface area contributed by atoms with E-state index in [0.717, 1.165) is 50.4 Å². The minimum Gasteiger partial charge on any atom is -0.369 e. The second-order valence-electron chi connectivity index (χ2n) is 4.38. The monoisotopic (exact) mass is 385 g/mol. The highest BCUT2D eigenvalue weighted by molar-refractivity contribution is 9.10. The molecule has 1 N–H and O–H groups in total. The molecule has 0 atom stereocenters. The SMILES string of the molecule is CCNc1nc(CSc2cccc(Cl)c2)nc(CC)c1Br. The van der Waals surface area contributed by atoms with E-state index in [0.29, 0.717) is 0 Å². The van der Waals surface area contributed by atoms with Gasteiger partial charge in [-0.3, -0.25) is 0 Å². The van der Waals surface area contributed by atoms with E-state index in [1.807, 2.05) is 24.3 Å². The van der Waals surface area contributed by atoms with Crippen LogP contribution in [0.2, 0.25) is 5.02 Å². The molecule has 1 aromatic carbocycles. The molecule has 3 nitrogen and oxygen atoms in total. The predicted molar refractivity (Wildman–Crippen MR) is 94.3 cm³/mol. The minimum atomic E-state index is 0.721. The predicted octanol–water partition coefficient (Wildman–Crippen LogP) is 5.18. The van der Waals surface area contributed by atoms with Gasteiger partial charge in [0, 0.05) is 16.5 Å². The summed E-state index contributed by atoms with van der Waals surface area (Å²) in [7, 11) is 0. The van der Waals surface area contributed by atoms with Gasteiger partial charge in [-0.15, -0.1) is 11.8 Å². The summed E-state index contributed by atoms with van der Waals surface area (Å²) in [4.78, 5) is 10.3. The van der Waals surface area contributed by atoms with E-state index in [4.69, 9.17) is 11.6 Å². The Morgan fingerprint density at radius 1 is 1.29 bits per heavy atom. The van der Waals surface area contributed by atoms with Gasteiger partial charge >= 0.3 is 0 Å². The molecule has 0 bridgehead atoms. The van der Waals surface area contributed by atoms with Crippen LogP contribution in [0, 0.1) is 0 Å². The molecule has 0 unspecified atom stereocenters. The first-order valence-corrected chi connectivity index (χ1v) is 8.97. The van der Waals surface area contributed by atoms with E-state index >= 15 is 0 Å². The number of aromatic nitrogens is 2. The standard InChI is InChI=1S/C15H17BrClN3S/c1-3-12-14(16)15(18-4-2)20-13(19-12)9-21-11-7-5-6-10(17)8-11/h5-8H,3-4,9H2,1-2H3,(H,18,19,20). The van der Waals surface area contributed by atoms with Gasteiger partial charge in [-0.2, -0.15) is 0 Å². The van der Waals surface area contributed by atoms with E-state index in [2.05, 4.69) is 45.1 Å². The van der Waals surface area contributed by atoms with Gasteiger partial charge in [-0.1, -0.05) is 24.6 Å². The molecule has 2 rings (SSSR count). The van der Waals surface area contributed by atoms with Crippen molar-refractivity contribution in [3.63, 3.8) is 0 Å². The summed E-state index contributed by atoms with van der Waals surface area (Å²) in [6, 6.07) is 7.83. The fraction of sp³-hybridized carbons (Fsp3) is 0.333. The highest BCUT2D eigenvalue weighted by atomic mass is 79.9. The van der Waals surface area contributed by atoms with Crippen LogP contribution in [0.25, 0.3) is 0 Å². The summed E-state index contributed by atoms with van der Waals surface area (Å²) >= 11 is 11.3. The zero-order valence-electron chi connectivity index (χ0n) is 12.0. The number of nitrogens with zero attached hydrogens (tertiary/aromatic N) is 2. The number of hydrogen-bond acceptors (Lipinski definition) is 4. The molecule has 6 heteroatoms. The molecule has 0 aliphatic heterocycles. The van der Waals surface area contributed by atoms with Crippen molar-refractivity contribution in [1.29, 1.82) is 0 Å². The number of thioether (sulfide) groups is 1. The van der Waals surface area contributed by atoms with Gasteiger partial charge in [0.15, 0.2) is 0 Å². The Bertz CT molecular complexity index is 622. The summed E-state index contributed by atoms with van der Waals surface area (Å²) in [6.07, 6.45) is 0.871. The van der Waals surface area contributed by atoms with Crippen molar-refractivity contribution in [2.75, 3.05) is 11.9 Å². The number of anilines is 1. The molecule has 0 aliphatic rings. The highest BCUT2D eigenvalue weighted by Crippen LogP contribution is 2.28. The Hall–Kier alpha value is -0.780. The Morgan fingerprint density at radius 2 is 2.10 bits per heavy atom. The van der Waals surface area contributed by atoms with Crippen LogP contribution in [-0.2, 0) is 12.2 Å². The number of benzene rings is 1. The second kappa shape index (κ2) is 8.01. The van der Waals surface area contributed by atoms with Gasteiger partial charge in [0.1, 0.15) is 11.6 Å². The maximum absolute atomic E-state index is 6.00. The zero-order chi connectivity index (χ0) is 15.2. The fourth-order valence-corrected chi connectivity index (χ4v) is 3.50. The van der Waals surface area contributed by atoms with E-state index in [1.165, 1.54) is 0 Å². The number of aryl methyl sites for hydroxylation is 1. The number of nitrogens with one attached hydrogen (secondary N) is 1. The first-order chi connectivity index (χ1) is 10.1. The van der Waals surface area contributed by atoms with Crippen LogP contribution in [0.15, 0.2) is 33.6 Å². The fourth-order valence-electron chi connectivity index (χ4n) is 1.83. The Morgan fingerprint density at radius 3 is 2.76 bits per heavy atom. The lowest BCUT2D eigenvalue weighted by atomic mass is 10.3. The zero-order valence-corrected chi connectivity index (χ0v) is 15.1. The molecule has 0 saturated heterocycles. The van der Waals surface area contributed by atoms with Crippen LogP contribution in [0.1, 0.15) is 25.4 Å². The summed E-state index contributed by atoms with van der Waals surface area (Å²) in [5, 5.41) is 4.02. The van der Waals surface area contributed by atoms with E-state index in [1.54, 1.807) is 11.8 Å². The van der Waals surface area contributed by atoms with Crippen LogP contribution in [0.5, 0.6) is 0 Å². The maximum Gasteiger partial charge on any atom is 0.144 e. The molecule has 21 heavy (non-hydrogen) atoms. The van der Waals surface area contributed by atoms with Crippen molar-refractivity contribution in [2.24, 2.45) is 0 Å². The molecule has 0 aliphatic carbocycles. The molecule has 1 aromatic heterocycles. The second-order valence-corrected chi connectivity index (χ2v) is 6.66. The van der Waals surface area contributed by atoms with Crippen molar-refractivity contribution >= 4 is 45.1 Å². The summed E-state index contributed by atoms with van der Waals surface area (Å²) in [5.41, 5.74) is 1.03. The molecule has 0 fully saturated rings. The van der Waals surface area contributed by atoms with Gasteiger partial charge in [0.25, 0.3) is 0 Å². The highest BCUT2D eigenvalue weighted by Gasteiger charge is 2.11. The van der Waals surface area contributed by atoms with Gasteiger partial charge < -0.3 is 5.32 Å². The van der Waals surface area contributed by atoms with E-state index in [-0.39, 0.29) is 0 Å². The van der Waals surface area contributed by atoms with Crippen molar-refractivity contribution < 1.29 is 0 Å². The lowest BCUT2D eigenvalue weighted by Gasteiger charge is -2.11. The summed E-state index contributed by atoms with van der Waals surface area (Å²) < 4.78 is 0.961. The van der Waals surface area contributed by atoms with Crippen LogP contribution < -0.4 is 5.32 Å². The molecule has 0 saturated carbocycles. The van der Waals surface area contributed by atoms with Crippen molar-refractivity contribution in [3.05, 3.63) is 45.3 Å². The van der Waals surface area contributed by atoms with E-state index < -0.39 is 0 Å². The van der Waals surface area contributed by atoms with Gasteiger partial charge in [0.05, 0.1) is 15.9 Å².